The van der Waals surface area contributed by atoms with E-state index in [2.05, 4.69) is 10.1 Å². The van der Waals surface area contributed by atoms with E-state index in [1.54, 1.807) is 12.1 Å². The fraction of sp³-hybridized carbons (Fsp3) is 0.292. The van der Waals surface area contributed by atoms with Gasteiger partial charge in [-0.05, 0) is 49.7 Å². The second-order valence-electron chi connectivity index (χ2n) is 8.12. The molecule has 0 bridgehead atoms. The lowest BCUT2D eigenvalue weighted by atomic mass is 9.94. The topological polar surface area (TPSA) is 79.2 Å². The van der Waals surface area contributed by atoms with Gasteiger partial charge in [-0.1, -0.05) is 12.1 Å². The van der Waals surface area contributed by atoms with Gasteiger partial charge in [0, 0.05) is 44.9 Å². The van der Waals surface area contributed by atoms with Crippen molar-refractivity contribution in [1.82, 2.24) is 15.0 Å². The Bertz CT molecular complexity index is 1340. The van der Waals surface area contributed by atoms with Gasteiger partial charge in [-0.15, -0.1) is 0 Å². The molecule has 4 aromatic rings. The molecule has 7 heteroatoms. The number of H-pyrrole nitrogens is 1. The van der Waals surface area contributed by atoms with Gasteiger partial charge in [0.25, 0.3) is 5.91 Å². The summed E-state index contributed by atoms with van der Waals surface area (Å²) in [7, 11) is 0. The molecular weight excluding hydrogens is 397 g/mol. The van der Waals surface area contributed by atoms with Crippen LogP contribution in [0.4, 0.5) is 4.39 Å². The van der Waals surface area contributed by atoms with Crippen molar-refractivity contribution in [3.63, 3.8) is 0 Å². The number of fused-ring (bicyclic) bond motifs is 3. The molecule has 5 rings (SSSR count). The summed E-state index contributed by atoms with van der Waals surface area (Å²) in [5, 5.41) is 5.63. The highest BCUT2D eigenvalue weighted by atomic mass is 19.1. The number of halogens is 1. The van der Waals surface area contributed by atoms with Crippen LogP contribution in [0, 0.1) is 13.8 Å². The number of carbonyl (C=O) groups excluding carboxylic acids is 2. The maximum atomic E-state index is 13.2. The van der Waals surface area contributed by atoms with Crippen LogP contribution in [0.3, 0.4) is 0 Å². The summed E-state index contributed by atoms with van der Waals surface area (Å²) < 4.78 is 18.5. The predicted molar refractivity (Wildman–Crippen MR) is 116 cm³/mol. The molecule has 1 amide bonds. The predicted octanol–water partition coefficient (Wildman–Crippen LogP) is 4.98. The quantitative estimate of drug-likeness (QED) is 0.473. The van der Waals surface area contributed by atoms with E-state index in [0.29, 0.717) is 23.3 Å². The Morgan fingerprint density at radius 3 is 2.61 bits per heavy atom. The zero-order chi connectivity index (χ0) is 21.9. The number of Topliss-reactive ketones (excluding diaryl/α,β-unsaturated/α-hetero) is 1. The number of likely N-dealkylation sites (tertiary alicyclic amines) is 1. The van der Waals surface area contributed by atoms with Crippen molar-refractivity contribution < 1.29 is 18.5 Å². The van der Waals surface area contributed by atoms with E-state index in [1.807, 2.05) is 39.0 Å². The van der Waals surface area contributed by atoms with Crippen LogP contribution in [-0.4, -0.2) is 46.0 Å². The number of benzene rings is 2. The Morgan fingerprint density at radius 2 is 1.97 bits per heavy atom. The molecule has 158 valence electrons. The minimum Gasteiger partial charge on any atom is -0.361 e. The molecule has 3 heterocycles. The van der Waals surface area contributed by atoms with E-state index < -0.39 is 6.17 Å². The molecule has 0 atom stereocenters. The van der Waals surface area contributed by atoms with Crippen LogP contribution >= 0.6 is 0 Å². The summed E-state index contributed by atoms with van der Waals surface area (Å²) in [4.78, 5) is 30.5. The van der Waals surface area contributed by atoms with E-state index in [4.69, 9.17) is 4.52 Å². The number of aromatic amines is 1. The normalized spacial score (nSPS) is 14.4. The first-order valence-corrected chi connectivity index (χ1v) is 10.4. The molecule has 2 aromatic carbocycles. The molecule has 1 N–H and O–H groups in total. The zero-order valence-corrected chi connectivity index (χ0v) is 17.6. The van der Waals surface area contributed by atoms with Crippen LogP contribution in [-0.2, 0) is 0 Å². The summed E-state index contributed by atoms with van der Waals surface area (Å²) in [6.45, 7) is 5.81. The van der Waals surface area contributed by atoms with E-state index in [1.165, 1.54) is 4.90 Å². The number of aryl methyl sites for hydroxylation is 2. The second-order valence-corrected chi connectivity index (χ2v) is 8.12. The summed E-state index contributed by atoms with van der Waals surface area (Å²) in [6, 6.07) is 9.24. The van der Waals surface area contributed by atoms with Gasteiger partial charge >= 0.3 is 0 Å². The number of amides is 1. The molecule has 1 aliphatic heterocycles. The number of aromatic nitrogens is 2. The van der Waals surface area contributed by atoms with E-state index in [-0.39, 0.29) is 24.8 Å². The number of hydrogen-bond acceptors (Lipinski definition) is 4. The largest absolute Gasteiger partial charge is 0.361 e. The molecular formula is C24H22FN3O3. The van der Waals surface area contributed by atoms with Crippen molar-refractivity contribution in [2.45, 2.75) is 33.4 Å². The molecule has 1 aliphatic rings. The summed E-state index contributed by atoms with van der Waals surface area (Å²) >= 11 is 0. The van der Waals surface area contributed by atoms with E-state index in [9.17, 15) is 14.0 Å². The highest BCUT2D eigenvalue weighted by Crippen LogP contribution is 2.36. The van der Waals surface area contributed by atoms with Crippen molar-refractivity contribution >= 4 is 33.5 Å². The lowest BCUT2D eigenvalue weighted by Gasteiger charge is -2.34. The van der Waals surface area contributed by atoms with Gasteiger partial charge < -0.3 is 14.4 Å². The molecule has 0 aliphatic carbocycles. The molecule has 2 aromatic heterocycles. The Kier molecular flexibility index (Phi) is 4.43. The molecule has 31 heavy (non-hydrogen) atoms. The second kappa shape index (κ2) is 7.04. The van der Waals surface area contributed by atoms with Gasteiger partial charge in [0.1, 0.15) is 11.9 Å². The average Bonchev–Trinajstić information content (AvgIpc) is 3.28. The number of carbonyl (C=O) groups is 2. The number of nitrogens with zero attached hydrogens (tertiary/aromatic N) is 2. The van der Waals surface area contributed by atoms with Crippen LogP contribution < -0.4 is 0 Å². The van der Waals surface area contributed by atoms with Crippen LogP contribution in [0.25, 0.3) is 32.9 Å². The first-order valence-electron chi connectivity index (χ1n) is 10.4. The first kappa shape index (κ1) is 19.5. The lowest BCUT2D eigenvalue weighted by Crippen LogP contribution is -2.51. The monoisotopic (exact) mass is 419 g/mol. The smallest absolute Gasteiger partial charge is 0.254 e. The summed E-state index contributed by atoms with van der Waals surface area (Å²) in [5.41, 5.74) is 5.22. The standard InChI is InChI=1S/C24H22FN3O3/c1-4-21(29)18-8-15(22-12(2)27-31-13(22)3)9-20-23(18)17-7-14(5-6-19(17)26-20)24(30)28-10-16(25)11-28/h5-9,16,26H,4,10-11H2,1-3H3. The number of rotatable bonds is 4. The van der Waals surface area contributed by atoms with Crippen molar-refractivity contribution in [3.05, 3.63) is 52.9 Å². The molecule has 6 nitrogen and oxygen atoms in total. The van der Waals surface area contributed by atoms with Gasteiger partial charge in [0.05, 0.1) is 18.8 Å². The number of ketones is 1. The van der Waals surface area contributed by atoms with Crippen LogP contribution in [0.2, 0.25) is 0 Å². The SMILES string of the molecule is CCC(=O)c1cc(-c2c(C)noc2C)cc2[nH]c3ccc(C(=O)N4CC(F)C4)cc3c12. The fourth-order valence-corrected chi connectivity index (χ4v) is 4.39. The zero-order valence-electron chi connectivity index (χ0n) is 17.6. The maximum Gasteiger partial charge on any atom is 0.254 e. The van der Waals surface area contributed by atoms with Gasteiger partial charge in [-0.3, -0.25) is 9.59 Å². The fourth-order valence-electron chi connectivity index (χ4n) is 4.39. The third kappa shape index (κ3) is 3.03. The third-order valence-corrected chi connectivity index (χ3v) is 6.01. The highest BCUT2D eigenvalue weighted by molar-refractivity contribution is 6.20. The maximum absolute atomic E-state index is 13.2. The van der Waals surface area contributed by atoms with Gasteiger partial charge in [0.15, 0.2) is 5.78 Å². The molecule has 1 fully saturated rings. The average molecular weight is 419 g/mol. The van der Waals surface area contributed by atoms with Crippen molar-refractivity contribution in [2.24, 2.45) is 0 Å². The van der Waals surface area contributed by atoms with Gasteiger partial charge in [-0.2, -0.15) is 0 Å². The molecule has 0 spiro atoms. The Labute approximate surface area is 178 Å². The van der Waals surface area contributed by atoms with E-state index in [0.717, 1.165) is 38.6 Å². The van der Waals surface area contributed by atoms with Crippen molar-refractivity contribution in [1.29, 1.82) is 0 Å². The molecule has 0 saturated carbocycles. The van der Waals surface area contributed by atoms with Crippen LogP contribution in [0.15, 0.2) is 34.9 Å². The Balaban J connectivity index is 1.72. The highest BCUT2D eigenvalue weighted by Gasteiger charge is 2.31. The Hall–Kier alpha value is -3.48. The lowest BCUT2D eigenvalue weighted by molar-refractivity contribution is 0.0400. The number of alkyl halides is 1. The third-order valence-electron chi connectivity index (χ3n) is 6.01. The van der Waals surface area contributed by atoms with E-state index >= 15 is 0 Å². The first-order chi connectivity index (χ1) is 14.9. The number of hydrogen-bond donors (Lipinski definition) is 1. The molecule has 1 saturated heterocycles. The van der Waals surface area contributed by atoms with Gasteiger partial charge in [-0.25, -0.2) is 4.39 Å². The summed E-state index contributed by atoms with van der Waals surface area (Å²) in [5.74, 6) is 0.511. The summed E-state index contributed by atoms with van der Waals surface area (Å²) in [6.07, 6.45) is -0.589. The van der Waals surface area contributed by atoms with Crippen molar-refractivity contribution in [3.8, 4) is 11.1 Å². The van der Waals surface area contributed by atoms with Crippen LogP contribution in [0.1, 0.15) is 45.5 Å². The molecule has 0 radical (unpaired) electrons. The van der Waals surface area contributed by atoms with Gasteiger partial charge in [0.2, 0.25) is 0 Å². The van der Waals surface area contributed by atoms with Crippen LogP contribution in [0.5, 0.6) is 0 Å². The van der Waals surface area contributed by atoms with Crippen molar-refractivity contribution in [2.75, 3.05) is 13.1 Å². The Morgan fingerprint density at radius 1 is 1.19 bits per heavy atom. The minimum absolute atomic E-state index is 0.0132. The molecule has 0 unspecified atom stereocenters. The number of nitrogens with one attached hydrogen (secondary N) is 1. The minimum atomic E-state index is -0.947.